The molecule has 1 aliphatic rings. The van der Waals surface area contributed by atoms with Crippen molar-refractivity contribution in [3.63, 3.8) is 0 Å². The van der Waals surface area contributed by atoms with Crippen molar-refractivity contribution in [2.45, 2.75) is 19.6 Å². The van der Waals surface area contributed by atoms with Gasteiger partial charge in [0.2, 0.25) is 0 Å². The molecule has 6 heteroatoms. The van der Waals surface area contributed by atoms with Gasteiger partial charge in [-0.3, -0.25) is 4.79 Å². The number of anilines is 1. The lowest BCUT2D eigenvalue weighted by Gasteiger charge is -2.30. The van der Waals surface area contributed by atoms with Crippen LogP contribution in [0.25, 0.3) is 0 Å². The summed E-state index contributed by atoms with van der Waals surface area (Å²) < 4.78 is 2.81. The standard InChI is InChI=1S/C12H15BrN2O2Si/c1-17-14-11-9-7-8(13)5-6-10(9)15(12(11)16)18(2,3)4/h5-7H,1-4H3/b14-11-. The maximum absolute atomic E-state index is 12.4. The summed E-state index contributed by atoms with van der Waals surface area (Å²) in [5, 5.41) is 3.88. The molecule has 4 nitrogen and oxygen atoms in total. The second kappa shape index (κ2) is 4.51. The van der Waals surface area contributed by atoms with Crippen LogP contribution in [0.5, 0.6) is 0 Å². The van der Waals surface area contributed by atoms with Crippen LogP contribution in [0.2, 0.25) is 19.6 Å². The van der Waals surface area contributed by atoms with Crippen molar-refractivity contribution >= 4 is 41.5 Å². The molecule has 0 saturated heterocycles. The largest absolute Gasteiger partial charge is 0.398 e. The zero-order valence-electron chi connectivity index (χ0n) is 10.8. The van der Waals surface area contributed by atoms with E-state index in [1.807, 2.05) is 22.8 Å². The first kappa shape index (κ1) is 13.3. The third-order valence-corrected chi connectivity index (χ3v) is 4.99. The van der Waals surface area contributed by atoms with E-state index in [2.05, 4.69) is 40.7 Å². The molecule has 0 saturated carbocycles. The average molecular weight is 327 g/mol. The number of oxime groups is 1. The Kier molecular flexibility index (Phi) is 3.33. The summed E-state index contributed by atoms with van der Waals surface area (Å²) in [6.45, 7) is 6.39. The smallest absolute Gasteiger partial charge is 0.273 e. The lowest BCUT2D eigenvalue weighted by atomic mass is 10.1. The predicted octanol–water partition coefficient (Wildman–Crippen LogP) is 2.98. The lowest BCUT2D eigenvalue weighted by Crippen LogP contribution is -2.49. The van der Waals surface area contributed by atoms with Crippen LogP contribution in [0.3, 0.4) is 0 Å². The fraction of sp³-hybridized carbons (Fsp3) is 0.333. The second-order valence-corrected chi connectivity index (χ2v) is 10.8. The van der Waals surface area contributed by atoms with Gasteiger partial charge in [-0.05, 0) is 18.2 Å². The molecule has 0 unspecified atom stereocenters. The monoisotopic (exact) mass is 326 g/mol. The van der Waals surface area contributed by atoms with Gasteiger partial charge in [-0.1, -0.05) is 40.7 Å². The Morgan fingerprint density at radius 1 is 1.33 bits per heavy atom. The molecule has 0 fully saturated rings. The highest BCUT2D eigenvalue weighted by Crippen LogP contribution is 2.35. The summed E-state index contributed by atoms with van der Waals surface area (Å²) in [5.74, 6) is -0.0656. The van der Waals surface area contributed by atoms with E-state index in [4.69, 9.17) is 4.84 Å². The first-order valence-corrected chi connectivity index (χ1v) is 9.86. The van der Waals surface area contributed by atoms with Crippen LogP contribution >= 0.6 is 15.9 Å². The van der Waals surface area contributed by atoms with Crippen LogP contribution in [-0.4, -0.2) is 27.0 Å². The first-order valence-electron chi connectivity index (χ1n) is 5.62. The summed E-state index contributed by atoms with van der Waals surface area (Å²) in [4.78, 5) is 17.2. The lowest BCUT2D eigenvalue weighted by molar-refractivity contribution is -0.111. The molecule has 0 bridgehead atoms. The third-order valence-electron chi connectivity index (χ3n) is 2.71. The van der Waals surface area contributed by atoms with E-state index >= 15 is 0 Å². The van der Waals surface area contributed by atoms with Gasteiger partial charge >= 0.3 is 0 Å². The van der Waals surface area contributed by atoms with Crippen LogP contribution in [0, 0.1) is 0 Å². The van der Waals surface area contributed by atoms with Crippen molar-refractivity contribution in [3.8, 4) is 0 Å². The molecule has 18 heavy (non-hydrogen) atoms. The van der Waals surface area contributed by atoms with Gasteiger partial charge in [0.25, 0.3) is 5.91 Å². The molecule has 0 atom stereocenters. The summed E-state index contributed by atoms with van der Waals surface area (Å²) in [6, 6.07) is 5.80. The van der Waals surface area contributed by atoms with E-state index in [-0.39, 0.29) is 5.91 Å². The molecule has 1 heterocycles. The number of hydrogen-bond acceptors (Lipinski definition) is 3. The van der Waals surface area contributed by atoms with E-state index in [9.17, 15) is 4.79 Å². The first-order chi connectivity index (χ1) is 8.36. The maximum atomic E-state index is 12.4. The van der Waals surface area contributed by atoms with Crippen LogP contribution in [0.15, 0.2) is 27.8 Å². The van der Waals surface area contributed by atoms with Crippen molar-refractivity contribution in [3.05, 3.63) is 28.2 Å². The highest BCUT2D eigenvalue weighted by Gasteiger charge is 2.41. The highest BCUT2D eigenvalue weighted by atomic mass is 79.9. The summed E-state index contributed by atoms with van der Waals surface area (Å²) in [6.07, 6.45) is 0. The molecule has 1 aliphatic heterocycles. The predicted molar refractivity (Wildman–Crippen MR) is 78.5 cm³/mol. The molecule has 96 valence electrons. The highest BCUT2D eigenvalue weighted by molar-refractivity contribution is 9.10. The Bertz CT molecular complexity index is 537. The van der Waals surface area contributed by atoms with Gasteiger partial charge < -0.3 is 9.40 Å². The molecule has 0 N–H and O–H groups in total. The molecule has 0 radical (unpaired) electrons. The number of amides is 1. The van der Waals surface area contributed by atoms with E-state index in [1.165, 1.54) is 7.11 Å². The van der Waals surface area contributed by atoms with Crippen LogP contribution in [0.4, 0.5) is 5.69 Å². The normalized spacial score (nSPS) is 17.3. The SMILES string of the molecule is CO/N=C1\C(=O)N([Si](C)(C)C)c2ccc(Br)cc21. The van der Waals surface area contributed by atoms with Crippen LogP contribution in [-0.2, 0) is 9.63 Å². The topological polar surface area (TPSA) is 41.9 Å². The fourth-order valence-corrected chi connectivity index (χ4v) is 4.06. The van der Waals surface area contributed by atoms with E-state index in [0.717, 1.165) is 15.7 Å². The number of benzene rings is 1. The summed E-state index contributed by atoms with van der Waals surface area (Å²) in [5.41, 5.74) is 2.15. The number of carbonyl (C=O) groups excluding carboxylic acids is 1. The molecule has 0 spiro atoms. The Hall–Kier alpha value is -1.14. The van der Waals surface area contributed by atoms with Crippen molar-refractivity contribution in [1.29, 1.82) is 0 Å². The molecular formula is C12H15BrN2O2Si. The minimum atomic E-state index is -1.79. The maximum Gasteiger partial charge on any atom is 0.273 e. The van der Waals surface area contributed by atoms with Crippen molar-refractivity contribution in [2.75, 3.05) is 11.7 Å². The Morgan fingerprint density at radius 3 is 2.56 bits per heavy atom. The van der Waals surface area contributed by atoms with Crippen LogP contribution < -0.4 is 4.57 Å². The minimum Gasteiger partial charge on any atom is -0.398 e. The van der Waals surface area contributed by atoms with E-state index in [0.29, 0.717) is 5.71 Å². The quantitative estimate of drug-likeness (QED) is 0.619. The summed E-state index contributed by atoms with van der Waals surface area (Å²) in [7, 11) is -0.341. The second-order valence-electron chi connectivity index (χ2n) is 5.10. The van der Waals surface area contributed by atoms with Crippen molar-refractivity contribution in [2.24, 2.45) is 5.16 Å². The van der Waals surface area contributed by atoms with Gasteiger partial charge in [-0.25, -0.2) is 0 Å². The zero-order chi connectivity index (χ0) is 13.5. The average Bonchev–Trinajstić information content (AvgIpc) is 2.52. The van der Waals surface area contributed by atoms with E-state index < -0.39 is 8.24 Å². The molecule has 1 aromatic rings. The van der Waals surface area contributed by atoms with Gasteiger partial charge in [0, 0.05) is 15.7 Å². The molecule has 0 aliphatic carbocycles. The van der Waals surface area contributed by atoms with Gasteiger partial charge in [0.15, 0.2) is 13.9 Å². The minimum absolute atomic E-state index is 0.0656. The van der Waals surface area contributed by atoms with Crippen molar-refractivity contribution < 1.29 is 9.63 Å². The number of hydrogen-bond donors (Lipinski definition) is 0. The van der Waals surface area contributed by atoms with Crippen molar-refractivity contribution in [1.82, 2.24) is 0 Å². The van der Waals surface area contributed by atoms with Gasteiger partial charge in [0.05, 0.1) is 0 Å². The Labute approximate surface area is 116 Å². The molecule has 0 aromatic heterocycles. The number of rotatable bonds is 2. The molecule has 2 rings (SSSR count). The Morgan fingerprint density at radius 2 is 2.00 bits per heavy atom. The van der Waals surface area contributed by atoms with Gasteiger partial charge in [-0.2, -0.15) is 0 Å². The van der Waals surface area contributed by atoms with Gasteiger partial charge in [-0.15, -0.1) is 0 Å². The number of fused-ring (bicyclic) bond motifs is 1. The number of carbonyl (C=O) groups is 1. The molecular weight excluding hydrogens is 312 g/mol. The Balaban J connectivity index is 2.65. The zero-order valence-corrected chi connectivity index (χ0v) is 13.4. The van der Waals surface area contributed by atoms with Gasteiger partial charge in [0.1, 0.15) is 7.11 Å². The number of halogens is 1. The fourth-order valence-electron chi connectivity index (χ4n) is 2.07. The molecule has 1 amide bonds. The van der Waals surface area contributed by atoms with E-state index in [1.54, 1.807) is 0 Å². The summed E-state index contributed by atoms with van der Waals surface area (Å²) >= 11 is 3.42. The van der Waals surface area contributed by atoms with Crippen LogP contribution in [0.1, 0.15) is 5.56 Å². The third kappa shape index (κ3) is 2.10. The number of nitrogens with zero attached hydrogens (tertiary/aromatic N) is 2. The molecule has 1 aromatic carbocycles.